The molecule has 21 heavy (non-hydrogen) atoms. The standard InChI is InChI=1S/C17H25NO2S/c1-13-2-8-16(9-3-13)21-11-10-18-12-14-4-6-15(7-5-14)17(19)20/h2-3,8-9,14-15,18H,4-7,10-12H2,1H3,(H,19,20). The molecule has 4 heteroatoms. The maximum atomic E-state index is 10.9. The number of nitrogens with one attached hydrogen (secondary N) is 1. The molecule has 0 spiro atoms. The first-order valence-corrected chi connectivity index (χ1v) is 8.76. The van der Waals surface area contributed by atoms with Crippen LogP contribution in [0.3, 0.4) is 0 Å². The quantitative estimate of drug-likeness (QED) is 0.597. The first-order valence-electron chi connectivity index (χ1n) is 7.78. The lowest BCUT2D eigenvalue weighted by Gasteiger charge is -2.26. The Morgan fingerprint density at radius 2 is 1.90 bits per heavy atom. The van der Waals surface area contributed by atoms with E-state index < -0.39 is 5.97 Å². The molecule has 0 radical (unpaired) electrons. The van der Waals surface area contributed by atoms with E-state index in [1.165, 1.54) is 10.5 Å². The van der Waals surface area contributed by atoms with Crippen molar-refractivity contribution in [3.05, 3.63) is 29.8 Å². The van der Waals surface area contributed by atoms with Crippen molar-refractivity contribution in [3.8, 4) is 0 Å². The molecular formula is C17H25NO2S. The molecule has 3 nitrogen and oxygen atoms in total. The molecule has 1 aliphatic carbocycles. The normalized spacial score (nSPS) is 22.1. The van der Waals surface area contributed by atoms with E-state index in [-0.39, 0.29) is 5.92 Å². The minimum Gasteiger partial charge on any atom is -0.481 e. The average molecular weight is 307 g/mol. The number of carbonyl (C=O) groups is 1. The van der Waals surface area contributed by atoms with Crippen LogP contribution in [0.25, 0.3) is 0 Å². The Balaban J connectivity index is 1.54. The number of aryl methyl sites for hydroxylation is 1. The molecule has 0 bridgehead atoms. The number of carboxylic acid groups (broad SMARTS) is 1. The monoisotopic (exact) mass is 307 g/mol. The highest BCUT2D eigenvalue weighted by Crippen LogP contribution is 2.28. The molecule has 1 aliphatic rings. The van der Waals surface area contributed by atoms with E-state index >= 15 is 0 Å². The fourth-order valence-corrected chi connectivity index (χ4v) is 3.61. The van der Waals surface area contributed by atoms with Gasteiger partial charge < -0.3 is 10.4 Å². The predicted octanol–water partition coefficient (Wildman–Crippen LogP) is 3.57. The van der Waals surface area contributed by atoms with Crippen LogP contribution in [0.5, 0.6) is 0 Å². The summed E-state index contributed by atoms with van der Waals surface area (Å²) in [4.78, 5) is 12.2. The minimum absolute atomic E-state index is 0.0988. The molecule has 1 aromatic carbocycles. The van der Waals surface area contributed by atoms with Crippen molar-refractivity contribution >= 4 is 17.7 Å². The number of thioether (sulfide) groups is 1. The van der Waals surface area contributed by atoms with E-state index in [0.717, 1.165) is 44.5 Å². The van der Waals surface area contributed by atoms with Crippen molar-refractivity contribution in [3.63, 3.8) is 0 Å². The van der Waals surface area contributed by atoms with E-state index in [9.17, 15) is 4.79 Å². The Bertz CT molecular complexity index is 439. The van der Waals surface area contributed by atoms with Gasteiger partial charge in [-0.15, -0.1) is 11.8 Å². The summed E-state index contributed by atoms with van der Waals surface area (Å²) < 4.78 is 0. The van der Waals surface area contributed by atoms with E-state index in [2.05, 4.69) is 36.5 Å². The lowest BCUT2D eigenvalue weighted by Crippen LogP contribution is -2.29. The number of benzene rings is 1. The number of hydrogen-bond donors (Lipinski definition) is 2. The van der Waals surface area contributed by atoms with Crippen LogP contribution in [-0.4, -0.2) is 29.9 Å². The van der Waals surface area contributed by atoms with Crippen LogP contribution in [-0.2, 0) is 4.79 Å². The highest BCUT2D eigenvalue weighted by atomic mass is 32.2. The Kier molecular flexibility index (Phi) is 6.58. The third kappa shape index (κ3) is 5.71. The summed E-state index contributed by atoms with van der Waals surface area (Å²) in [7, 11) is 0. The molecule has 0 aromatic heterocycles. The van der Waals surface area contributed by atoms with Gasteiger partial charge in [-0.3, -0.25) is 4.79 Å². The van der Waals surface area contributed by atoms with E-state index in [1.54, 1.807) is 0 Å². The second-order valence-electron chi connectivity index (χ2n) is 5.92. The van der Waals surface area contributed by atoms with Gasteiger partial charge in [0.15, 0.2) is 0 Å². The molecule has 1 fully saturated rings. The van der Waals surface area contributed by atoms with Crippen LogP contribution >= 0.6 is 11.8 Å². The molecule has 2 N–H and O–H groups in total. The Morgan fingerprint density at radius 1 is 1.24 bits per heavy atom. The molecule has 0 aliphatic heterocycles. The molecular weight excluding hydrogens is 282 g/mol. The molecule has 1 saturated carbocycles. The van der Waals surface area contributed by atoms with Gasteiger partial charge in [-0.05, 0) is 57.2 Å². The Hall–Kier alpha value is -1.00. The maximum absolute atomic E-state index is 10.9. The molecule has 0 atom stereocenters. The van der Waals surface area contributed by atoms with Crippen molar-refractivity contribution in [2.24, 2.45) is 11.8 Å². The first-order chi connectivity index (χ1) is 10.1. The van der Waals surface area contributed by atoms with Crippen LogP contribution < -0.4 is 5.32 Å². The zero-order valence-corrected chi connectivity index (χ0v) is 13.5. The van der Waals surface area contributed by atoms with Gasteiger partial charge in [0.05, 0.1) is 5.92 Å². The van der Waals surface area contributed by atoms with Gasteiger partial charge in [0.2, 0.25) is 0 Å². The summed E-state index contributed by atoms with van der Waals surface area (Å²) >= 11 is 1.88. The third-order valence-electron chi connectivity index (χ3n) is 4.20. The second kappa shape index (κ2) is 8.44. The summed E-state index contributed by atoms with van der Waals surface area (Å²) in [6.07, 6.45) is 3.80. The molecule has 0 heterocycles. The van der Waals surface area contributed by atoms with Gasteiger partial charge in [-0.25, -0.2) is 0 Å². The third-order valence-corrected chi connectivity index (χ3v) is 5.21. The molecule has 2 rings (SSSR count). The predicted molar refractivity (Wildman–Crippen MR) is 87.9 cm³/mol. The molecule has 0 unspecified atom stereocenters. The smallest absolute Gasteiger partial charge is 0.306 e. The van der Waals surface area contributed by atoms with E-state index in [4.69, 9.17) is 5.11 Å². The van der Waals surface area contributed by atoms with Crippen molar-refractivity contribution < 1.29 is 9.90 Å². The van der Waals surface area contributed by atoms with Gasteiger partial charge in [0, 0.05) is 17.2 Å². The van der Waals surface area contributed by atoms with Crippen LogP contribution in [0, 0.1) is 18.8 Å². The van der Waals surface area contributed by atoms with Crippen molar-refractivity contribution in [1.82, 2.24) is 5.32 Å². The SMILES string of the molecule is Cc1ccc(SCCNCC2CCC(C(=O)O)CC2)cc1. The minimum atomic E-state index is -0.615. The lowest BCUT2D eigenvalue weighted by molar-refractivity contribution is -0.143. The van der Waals surface area contributed by atoms with Crippen LogP contribution in [0.2, 0.25) is 0 Å². The van der Waals surface area contributed by atoms with E-state index in [1.807, 2.05) is 11.8 Å². The zero-order chi connectivity index (χ0) is 15.1. The van der Waals surface area contributed by atoms with Gasteiger partial charge in [0.25, 0.3) is 0 Å². The summed E-state index contributed by atoms with van der Waals surface area (Å²) in [6, 6.07) is 8.65. The van der Waals surface area contributed by atoms with Gasteiger partial charge >= 0.3 is 5.97 Å². The summed E-state index contributed by atoms with van der Waals surface area (Å²) in [5.41, 5.74) is 1.30. The fourth-order valence-electron chi connectivity index (χ4n) is 2.80. The highest BCUT2D eigenvalue weighted by Gasteiger charge is 2.25. The largest absolute Gasteiger partial charge is 0.481 e. The van der Waals surface area contributed by atoms with E-state index in [0.29, 0.717) is 5.92 Å². The average Bonchev–Trinajstić information content (AvgIpc) is 2.49. The Labute approximate surface area is 131 Å². The number of carboxylic acids is 1. The lowest BCUT2D eigenvalue weighted by atomic mass is 9.82. The van der Waals surface area contributed by atoms with Crippen molar-refractivity contribution in [2.45, 2.75) is 37.5 Å². The van der Waals surface area contributed by atoms with Crippen LogP contribution in [0.4, 0.5) is 0 Å². The van der Waals surface area contributed by atoms with Gasteiger partial charge in [0.1, 0.15) is 0 Å². The molecule has 1 aromatic rings. The molecule has 116 valence electrons. The molecule has 0 amide bonds. The zero-order valence-electron chi connectivity index (χ0n) is 12.7. The number of aliphatic carboxylic acids is 1. The maximum Gasteiger partial charge on any atom is 0.306 e. The number of rotatable bonds is 7. The second-order valence-corrected chi connectivity index (χ2v) is 7.09. The Morgan fingerprint density at radius 3 is 2.52 bits per heavy atom. The first kappa shape index (κ1) is 16.4. The van der Waals surface area contributed by atoms with Crippen molar-refractivity contribution in [1.29, 1.82) is 0 Å². The van der Waals surface area contributed by atoms with Crippen molar-refractivity contribution in [2.75, 3.05) is 18.8 Å². The summed E-state index contributed by atoms with van der Waals surface area (Å²) in [5.74, 6) is 1.02. The number of hydrogen-bond acceptors (Lipinski definition) is 3. The topological polar surface area (TPSA) is 49.3 Å². The van der Waals surface area contributed by atoms with Crippen LogP contribution in [0.1, 0.15) is 31.2 Å². The highest BCUT2D eigenvalue weighted by molar-refractivity contribution is 7.99. The van der Waals surface area contributed by atoms with Gasteiger partial charge in [-0.1, -0.05) is 17.7 Å². The summed E-state index contributed by atoms with van der Waals surface area (Å²) in [6.45, 7) is 4.15. The molecule has 0 saturated heterocycles. The van der Waals surface area contributed by atoms with Gasteiger partial charge in [-0.2, -0.15) is 0 Å². The fraction of sp³-hybridized carbons (Fsp3) is 0.588. The summed E-state index contributed by atoms with van der Waals surface area (Å²) in [5, 5.41) is 12.5. The van der Waals surface area contributed by atoms with Crippen LogP contribution in [0.15, 0.2) is 29.2 Å².